The van der Waals surface area contributed by atoms with Crippen molar-refractivity contribution in [3.63, 3.8) is 0 Å². The minimum Gasteiger partial charge on any atom is -0.454 e. The van der Waals surface area contributed by atoms with Crippen molar-refractivity contribution in [1.82, 2.24) is 5.32 Å². The molecule has 1 unspecified atom stereocenters. The van der Waals surface area contributed by atoms with Crippen molar-refractivity contribution in [2.24, 2.45) is 0 Å². The van der Waals surface area contributed by atoms with E-state index in [0.29, 0.717) is 0 Å². The van der Waals surface area contributed by atoms with Crippen molar-refractivity contribution in [1.29, 1.82) is 0 Å². The molecule has 1 N–H and O–H groups in total. The molecule has 0 aliphatic carbocycles. The Kier molecular flexibility index (Phi) is 0.947. The molecule has 14 heavy (non-hydrogen) atoms. The van der Waals surface area contributed by atoms with Crippen LogP contribution in [0.2, 0.25) is 0 Å². The van der Waals surface area contributed by atoms with Gasteiger partial charge in [-0.1, -0.05) is 6.04 Å². The Hall–Kier alpha value is -1.22. The standard InChI is InChI=1S/C11H15NO2/c1-8(12-2)5-9-3-4-10-11(6-9)14-7-13-10/h3-4,6,8,12H,5,7H2,1-2H3/i1D3,3D,4D,5D2,6D,8D. The summed E-state index contributed by atoms with van der Waals surface area (Å²) in [4.78, 5) is 0. The molecule has 1 atom stereocenters. The molecule has 0 radical (unpaired) electrons. The average Bonchev–Trinajstić information content (AvgIpc) is 2.92. The Morgan fingerprint density at radius 3 is 3.36 bits per heavy atom. The lowest BCUT2D eigenvalue weighted by molar-refractivity contribution is 0.174. The first-order chi connectivity index (χ1) is 10.4. The van der Waals surface area contributed by atoms with E-state index in [1.54, 1.807) is 0 Å². The number of rotatable bonds is 3. The summed E-state index contributed by atoms with van der Waals surface area (Å²) in [6.45, 7) is -3.38. The summed E-state index contributed by atoms with van der Waals surface area (Å²) < 4.78 is 80.6. The Bertz CT molecular complexity index is 646. The normalized spacial score (nSPS) is 29.1. The van der Waals surface area contributed by atoms with Gasteiger partial charge in [-0.15, -0.1) is 0 Å². The number of fused-ring (bicyclic) bond motifs is 1. The van der Waals surface area contributed by atoms with Crippen LogP contribution in [0.1, 0.15) is 24.8 Å². The Morgan fingerprint density at radius 1 is 1.71 bits per heavy atom. The maximum Gasteiger partial charge on any atom is 0.231 e. The van der Waals surface area contributed by atoms with E-state index in [1.807, 2.05) is 0 Å². The molecule has 1 aromatic rings. The van der Waals surface area contributed by atoms with Gasteiger partial charge in [0.25, 0.3) is 0 Å². The van der Waals surface area contributed by atoms with E-state index < -0.39 is 42.9 Å². The molecule has 0 spiro atoms. The number of benzene rings is 1. The summed E-state index contributed by atoms with van der Waals surface area (Å²) in [5, 5.41) is 2.13. The molecule has 0 saturated heterocycles. The number of nitrogens with one attached hydrogen (secondary N) is 1. The quantitative estimate of drug-likeness (QED) is 0.807. The average molecular weight is 202 g/mol. The molecule has 3 heteroatoms. The largest absolute Gasteiger partial charge is 0.454 e. The van der Waals surface area contributed by atoms with Crippen LogP contribution in [0.4, 0.5) is 0 Å². The zero-order chi connectivity index (χ0) is 17.8. The van der Waals surface area contributed by atoms with Gasteiger partial charge in [0.15, 0.2) is 11.5 Å². The molecular weight excluding hydrogens is 178 g/mol. The minimum atomic E-state index is -3.09. The second-order valence-corrected chi connectivity index (χ2v) is 2.56. The predicted octanol–water partition coefficient (Wildman–Crippen LogP) is 1.57. The predicted molar refractivity (Wildman–Crippen MR) is 54.8 cm³/mol. The van der Waals surface area contributed by atoms with Gasteiger partial charge in [0.05, 0.1) is 4.11 Å². The van der Waals surface area contributed by atoms with Crippen molar-refractivity contribution in [2.75, 3.05) is 13.8 Å². The lowest BCUT2D eigenvalue weighted by atomic mass is 10.1. The van der Waals surface area contributed by atoms with Crippen molar-refractivity contribution >= 4 is 0 Å². The number of ether oxygens (including phenoxy) is 2. The third kappa shape index (κ3) is 1.82. The van der Waals surface area contributed by atoms with Crippen LogP contribution >= 0.6 is 0 Å². The van der Waals surface area contributed by atoms with Gasteiger partial charge in [0.2, 0.25) is 6.79 Å². The van der Waals surface area contributed by atoms with E-state index in [1.165, 1.54) is 0 Å². The summed E-state index contributed by atoms with van der Waals surface area (Å²) in [6, 6.07) is -4.65. The summed E-state index contributed by atoms with van der Waals surface area (Å²) in [5.41, 5.74) is -0.702. The lowest BCUT2D eigenvalue weighted by Gasteiger charge is -2.09. The zero-order valence-corrected chi connectivity index (χ0v) is 7.52. The molecule has 0 amide bonds. The highest BCUT2D eigenvalue weighted by Gasteiger charge is 2.13. The number of hydrogen-bond donors (Lipinski definition) is 1. The summed E-state index contributed by atoms with van der Waals surface area (Å²) in [5.74, 6) is -0.387. The molecular formula is C11H15NO2. The van der Waals surface area contributed by atoms with E-state index >= 15 is 0 Å². The molecule has 1 aliphatic heterocycles. The molecule has 3 nitrogen and oxygen atoms in total. The van der Waals surface area contributed by atoms with Crippen LogP contribution in [-0.2, 0) is 6.37 Å². The van der Waals surface area contributed by atoms with Gasteiger partial charge in [0.1, 0.15) is 0 Å². The van der Waals surface area contributed by atoms with Gasteiger partial charge in [0, 0.05) is 14.2 Å². The number of likely N-dealkylation sites (N-methyl/N-ethyl adjacent to an activating group) is 1. The molecule has 1 heterocycles. The molecule has 1 aliphatic rings. The van der Waals surface area contributed by atoms with Gasteiger partial charge in [-0.2, -0.15) is 0 Å². The highest BCUT2D eigenvalue weighted by atomic mass is 16.7. The molecule has 1 aromatic carbocycles. The smallest absolute Gasteiger partial charge is 0.231 e. The summed E-state index contributed by atoms with van der Waals surface area (Å²) in [7, 11) is 1.11. The topological polar surface area (TPSA) is 30.5 Å². The first-order valence-electron chi connectivity index (χ1n) is 8.49. The molecule has 2 rings (SSSR count). The van der Waals surface area contributed by atoms with Crippen LogP contribution in [0.3, 0.4) is 0 Å². The van der Waals surface area contributed by atoms with Crippen molar-refractivity contribution in [3.05, 3.63) is 23.7 Å². The van der Waals surface area contributed by atoms with E-state index in [2.05, 4.69) is 5.32 Å². The molecule has 0 bridgehead atoms. The molecule has 0 fully saturated rings. The van der Waals surface area contributed by atoms with Gasteiger partial charge in [-0.3, -0.25) is 0 Å². The van der Waals surface area contributed by atoms with E-state index in [0.717, 1.165) is 7.05 Å². The van der Waals surface area contributed by atoms with Gasteiger partial charge in [-0.05, 0) is 37.9 Å². The SMILES string of the molecule is [2H]c1c([2H])c(C([2H])([2H])C([2H])(NC)C([2H])([2H])[2H])c([2H])c2c1OCO2. The van der Waals surface area contributed by atoms with Crippen LogP contribution in [0.15, 0.2) is 18.1 Å². The highest BCUT2D eigenvalue weighted by Crippen LogP contribution is 2.32. The maximum absolute atomic E-state index is 8.15. The fourth-order valence-electron chi connectivity index (χ4n) is 0.978. The van der Waals surface area contributed by atoms with E-state index in [4.69, 9.17) is 21.8 Å². The third-order valence-corrected chi connectivity index (χ3v) is 1.65. The second-order valence-electron chi connectivity index (χ2n) is 2.56. The Balaban J connectivity index is 2.78. The summed E-state index contributed by atoms with van der Waals surface area (Å²) in [6.07, 6.45) is -2.97. The fourth-order valence-corrected chi connectivity index (χ4v) is 0.978. The van der Waals surface area contributed by atoms with Crippen LogP contribution in [0.25, 0.3) is 0 Å². The van der Waals surface area contributed by atoms with Crippen LogP contribution in [-0.4, -0.2) is 19.9 Å². The van der Waals surface area contributed by atoms with Gasteiger partial charge >= 0.3 is 0 Å². The molecule has 0 aromatic heterocycles. The third-order valence-electron chi connectivity index (χ3n) is 1.65. The minimum absolute atomic E-state index is 0.159. The molecule has 0 saturated carbocycles. The van der Waals surface area contributed by atoms with E-state index in [-0.39, 0.29) is 18.3 Å². The Morgan fingerprint density at radius 2 is 2.57 bits per heavy atom. The second kappa shape index (κ2) is 3.88. The van der Waals surface area contributed by atoms with Gasteiger partial charge in [-0.25, -0.2) is 0 Å². The van der Waals surface area contributed by atoms with E-state index in [9.17, 15) is 0 Å². The van der Waals surface area contributed by atoms with Crippen LogP contribution < -0.4 is 14.8 Å². The first kappa shape index (κ1) is 3.42. The lowest BCUT2D eigenvalue weighted by Crippen LogP contribution is -2.23. The molecule has 76 valence electrons. The fraction of sp³-hybridized carbons (Fsp3) is 0.455. The van der Waals surface area contributed by atoms with Crippen molar-refractivity contribution < 1.29 is 21.8 Å². The first-order valence-corrected chi connectivity index (χ1v) is 3.99. The maximum atomic E-state index is 8.15. The highest BCUT2D eigenvalue weighted by molar-refractivity contribution is 5.44. The van der Waals surface area contributed by atoms with Crippen molar-refractivity contribution in [3.8, 4) is 11.5 Å². The Labute approximate surface area is 96.7 Å². The van der Waals surface area contributed by atoms with Crippen LogP contribution in [0.5, 0.6) is 11.5 Å². The monoisotopic (exact) mass is 202 g/mol. The number of hydrogen-bond acceptors (Lipinski definition) is 3. The zero-order valence-electron chi connectivity index (χ0n) is 16.5. The van der Waals surface area contributed by atoms with Crippen LogP contribution in [0, 0.1) is 0 Å². The van der Waals surface area contributed by atoms with Crippen molar-refractivity contribution in [2.45, 2.75) is 19.2 Å². The van der Waals surface area contributed by atoms with Gasteiger partial charge < -0.3 is 14.8 Å². The summed E-state index contributed by atoms with van der Waals surface area (Å²) >= 11 is 0.